The average molecular weight is 471 g/mol. The van der Waals surface area contributed by atoms with Crippen LogP contribution in [0.5, 0.6) is 0 Å². The van der Waals surface area contributed by atoms with E-state index in [-0.39, 0.29) is 5.97 Å². The first kappa shape index (κ1) is 27.8. The lowest BCUT2D eigenvalue weighted by Crippen LogP contribution is -1.99. The van der Waals surface area contributed by atoms with Gasteiger partial charge in [-0.25, -0.2) is 0 Å². The van der Waals surface area contributed by atoms with Crippen LogP contribution in [0.4, 0.5) is 0 Å². The second kappa shape index (κ2) is 17.0. The number of carbonyl (C=O) groups is 1. The van der Waals surface area contributed by atoms with Crippen molar-refractivity contribution in [2.45, 2.75) is 97.3 Å². The highest BCUT2D eigenvalue weighted by molar-refractivity contribution is 8.03. The summed E-state index contributed by atoms with van der Waals surface area (Å²) in [7, 11) is 1.47. The normalized spacial score (nSPS) is 17.1. The SMILES string of the molecule is CCCCC(C)CC/C=C/C1CCC(CCc2ccccc2)=C1SCCCCCC(=O)OC. The number of allylic oxidation sites excluding steroid dienone is 4. The van der Waals surface area contributed by atoms with Crippen LogP contribution >= 0.6 is 11.8 Å². The number of esters is 1. The first-order valence-electron chi connectivity index (χ1n) is 13.3. The molecule has 3 heteroatoms. The molecule has 0 aromatic heterocycles. The fourth-order valence-corrected chi connectivity index (χ4v) is 5.98. The Morgan fingerprint density at radius 3 is 2.70 bits per heavy atom. The number of hydrogen-bond acceptors (Lipinski definition) is 3. The van der Waals surface area contributed by atoms with Gasteiger partial charge in [-0.2, -0.15) is 0 Å². The van der Waals surface area contributed by atoms with Crippen LogP contribution in [0.1, 0.15) is 96.5 Å². The van der Waals surface area contributed by atoms with E-state index >= 15 is 0 Å². The maximum absolute atomic E-state index is 11.3. The van der Waals surface area contributed by atoms with Crippen molar-refractivity contribution >= 4 is 17.7 Å². The largest absolute Gasteiger partial charge is 0.469 e. The Hall–Kier alpha value is -1.48. The molecule has 184 valence electrons. The predicted molar refractivity (Wildman–Crippen MR) is 145 cm³/mol. The molecule has 1 aliphatic carbocycles. The molecule has 33 heavy (non-hydrogen) atoms. The molecule has 1 aromatic rings. The summed E-state index contributed by atoms with van der Waals surface area (Å²) < 4.78 is 4.75. The molecule has 0 heterocycles. The lowest BCUT2D eigenvalue weighted by Gasteiger charge is -2.13. The molecule has 0 aliphatic heterocycles. The van der Waals surface area contributed by atoms with Crippen LogP contribution in [0, 0.1) is 11.8 Å². The third-order valence-electron chi connectivity index (χ3n) is 6.76. The summed E-state index contributed by atoms with van der Waals surface area (Å²) in [5.41, 5.74) is 3.13. The van der Waals surface area contributed by atoms with Gasteiger partial charge >= 0.3 is 5.97 Å². The molecule has 0 amide bonds. The van der Waals surface area contributed by atoms with E-state index in [1.54, 1.807) is 10.5 Å². The number of hydrogen-bond donors (Lipinski definition) is 0. The number of methoxy groups -OCH3 is 1. The van der Waals surface area contributed by atoms with Crippen molar-refractivity contribution < 1.29 is 9.53 Å². The zero-order valence-corrected chi connectivity index (χ0v) is 22.1. The van der Waals surface area contributed by atoms with E-state index in [4.69, 9.17) is 4.74 Å². The van der Waals surface area contributed by atoms with Crippen LogP contribution < -0.4 is 0 Å². The molecule has 0 N–H and O–H groups in total. The summed E-state index contributed by atoms with van der Waals surface area (Å²) in [6.07, 6.45) is 20.2. The Kier molecular flexibility index (Phi) is 14.3. The number of thioether (sulfide) groups is 1. The van der Waals surface area contributed by atoms with Gasteiger partial charge in [-0.1, -0.05) is 87.6 Å². The lowest BCUT2D eigenvalue weighted by atomic mass is 9.98. The maximum Gasteiger partial charge on any atom is 0.305 e. The number of ether oxygens (including phenoxy) is 1. The minimum absolute atomic E-state index is 0.0847. The Bertz CT molecular complexity index is 722. The number of unbranched alkanes of at least 4 members (excludes halogenated alkanes) is 3. The van der Waals surface area contributed by atoms with Gasteiger partial charge in [-0.05, 0) is 73.5 Å². The highest BCUT2D eigenvalue weighted by Gasteiger charge is 2.23. The van der Waals surface area contributed by atoms with Gasteiger partial charge in [0.2, 0.25) is 0 Å². The van der Waals surface area contributed by atoms with Crippen molar-refractivity contribution in [2.75, 3.05) is 12.9 Å². The minimum Gasteiger partial charge on any atom is -0.469 e. The average Bonchev–Trinajstić information content (AvgIpc) is 3.23. The van der Waals surface area contributed by atoms with Crippen LogP contribution in [0.15, 0.2) is 53.0 Å². The molecule has 0 saturated heterocycles. The van der Waals surface area contributed by atoms with Gasteiger partial charge in [0.25, 0.3) is 0 Å². The molecule has 0 bridgehead atoms. The topological polar surface area (TPSA) is 26.3 Å². The van der Waals surface area contributed by atoms with Crippen molar-refractivity contribution in [3.63, 3.8) is 0 Å². The minimum atomic E-state index is -0.0847. The van der Waals surface area contributed by atoms with E-state index in [1.807, 2.05) is 0 Å². The summed E-state index contributed by atoms with van der Waals surface area (Å²) in [6.45, 7) is 4.69. The molecule has 0 fully saturated rings. The molecular weight excluding hydrogens is 424 g/mol. The quantitative estimate of drug-likeness (QED) is 0.129. The Morgan fingerprint density at radius 2 is 1.94 bits per heavy atom. The maximum atomic E-state index is 11.3. The Labute approximate surface area is 207 Å². The zero-order valence-electron chi connectivity index (χ0n) is 21.3. The highest BCUT2D eigenvalue weighted by atomic mass is 32.2. The van der Waals surface area contributed by atoms with Crippen LogP contribution in [-0.2, 0) is 16.0 Å². The summed E-state index contributed by atoms with van der Waals surface area (Å²) in [4.78, 5) is 13.0. The van der Waals surface area contributed by atoms with Crippen molar-refractivity contribution in [2.24, 2.45) is 11.8 Å². The first-order valence-corrected chi connectivity index (χ1v) is 14.2. The Morgan fingerprint density at radius 1 is 1.12 bits per heavy atom. The molecule has 0 spiro atoms. The van der Waals surface area contributed by atoms with Crippen LogP contribution in [-0.4, -0.2) is 18.8 Å². The van der Waals surface area contributed by atoms with E-state index in [0.717, 1.165) is 30.9 Å². The van der Waals surface area contributed by atoms with Gasteiger partial charge in [0, 0.05) is 12.3 Å². The summed E-state index contributed by atoms with van der Waals surface area (Å²) in [5, 5.41) is 0. The van der Waals surface area contributed by atoms with Gasteiger partial charge in [0.15, 0.2) is 0 Å². The number of benzene rings is 1. The van der Waals surface area contributed by atoms with Gasteiger partial charge in [-0.3, -0.25) is 4.79 Å². The monoisotopic (exact) mass is 470 g/mol. The molecule has 1 aliphatic rings. The molecule has 2 atom stereocenters. The third kappa shape index (κ3) is 11.5. The second-order valence-corrected chi connectivity index (χ2v) is 10.7. The van der Waals surface area contributed by atoms with Gasteiger partial charge in [0.1, 0.15) is 0 Å². The molecule has 1 aromatic carbocycles. The van der Waals surface area contributed by atoms with Crippen LogP contribution in [0.25, 0.3) is 0 Å². The molecule has 2 unspecified atom stereocenters. The molecule has 0 radical (unpaired) electrons. The van der Waals surface area contributed by atoms with E-state index < -0.39 is 0 Å². The first-order chi connectivity index (χ1) is 16.1. The standard InChI is InChI=1S/C30H46O2S/c1-4-5-14-25(2)15-11-12-18-27-22-23-28(21-20-26-16-8-6-9-17-26)30(27)33-24-13-7-10-19-29(31)32-3/h6,8-9,12,16-18,25,27H,4-5,7,10-11,13-15,19-24H2,1-3H3/b18-12+. The molecular formula is C30H46O2S. The zero-order chi connectivity index (χ0) is 23.7. The smallest absolute Gasteiger partial charge is 0.305 e. The van der Waals surface area contributed by atoms with Crippen molar-refractivity contribution in [1.82, 2.24) is 0 Å². The van der Waals surface area contributed by atoms with Crippen molar-refractivity contribution in [3.8, 4) is 0 Å². The number of carbonyl (C=O) groups excluding carboxylic acids is 1. The fourth-order valence-electron chi connectivity index (χ4n) is 4.60. The van der Waals surface area contributed by atoms with Crippen LogP contribution in [0.2, 0.25) is 0 Å². The second-order valence-electron chi connectivity index (χ2n) is 9.59. The fraction of sp³-hybridized carbons (Fsp3) is 0.633. The van der Waals surface area contributed by atoms with Gasteiger partial charge < -0.3 is 4.74 Å². The number of aryl methyl sites for hydroxylation is 1. The van der Waals surface area contributed by atoms with E-state index in [2.05, 4.69) is 68.1 Å². The molecule has 0 saturated carbocycles. The van der Waals surface area contributed by atoms with E-state index in [9.17, 15) is 4.79 Å². The van der Waals surface area contributed by atoms with Crippen molar-refractivity contribution in [3.05, 3.63) is 58.5 Å². The number of rotatable bonds is 17. The van der Waals surface area contributed by atoms with E-state index in [1.165, 1.54) is 70.5 Å². The summed E-state index contributed by atoms with van der Waals surface area (Å²) in [5.74, 6) is 2.53. The third-order valence-corrected chi connectivity index (χ3v) is 8.15. The summed E-state index contributed by atoms with van der Waals surface area (Å²) >= 11 is 2.09. The van der Waals surface area contributed by atoms with E-state index in [0.29, 0.717) is 12.3 Å². The van der Waals surface area contributed by atoms with Crippen molar-refractivity contribution in [1.29, 1.82) is 0 Å². The molecule has 2 nitrogen and oxygen atoms in total. The molecule has 2 rings (SSSR count). The Balaban J connectivity index is 1.87. The van der Waals surface area contributed by atoms with Gasteiger partial charge in [0.05, 0.1) is 7.11 Å². The highest BCUT2D eigenvalue weighted by Crippen LogP contribution is 2.42. The van der Waals surface area contributed by atoms with Crippen LogP contribution in [0.3, 0.4) is 0 Å². The predicted octanol–water partition coefficient (Wildman–Crippen LogP) is 8.91. The van der Waals surface area contributed by atoms with Gasteiger partial charge in [-0.15, -0.1) is 11.8 Å². The lowest BCUT2D eigenvalue weighted by molar-refractivity contribution is -0.140. The summed E-state index contributed by atoms with van der Waals surface area (Å²) in [6, 6.07) is 10.9.